The van der Waals surface area contributed by atoms with E-state index in [4.69, 9.17) is 4.74 Å². The van der Waals surface area contributed by atoms with Gasteiger partial charge < -0.3 is 4.74 Å². The zero-order valence-corrected chi connectivity index (χ0v) is 10.9. The molecule has 2 rings (SSSR count). The van der Waals surface area contributed by atoms with E-state index in [1.807, 2.05) is 19.1 Å². The van der Waals surface area contributed by atoms with Gasteiger partial charge in [0.15, 0.2) is 0 Å². The van der Waals surface area contributed by atoms with Gasteiger partial charge in [-0.05, 0) is 37.5 Å². The first-order valence-corrected chi connectivity index (χ1v) is 6.37. The van der Waals surface area contributed by atoms with Crippen LogP contribution in [0.5, 0.6) is 0 Å². The van der Waals surface area contributed by atoms with Gasteiger partial charge in [0.1, 0.15) is 0 Å². The van der Waals surface area contributed by atoms with Gasteiger partial charge in [0.25, 0.3) is 0 Å². The van der Waals surface area contributed by atoms with Gasteiger partial charge in [-0.15, -0.1) is 0 Å². The molecule has 2 nitrogen and oxygen atoms in total. The van der Waals surface area contributed by atoms with Gasteiger partial charge in [0, 0.05) is 9.89 Å². The fourth-order valence-electron chi connectivity index (χ4n) is 2.01. The predicted molar refractivity (Wildman–Crippen MR) is 66.3 cm³/mol. The van der Waals surface area contributed by atoms with Gasteiger partial charge >= 0.3 is 5.97 Å². The summed E-state index contributed by atoms with van der Waals surface area (Å²) in [6.07, 6.45) is 2.70. The minimum absolute atomic E-state index is 0.0625. The molecule has 0 N–H and O–H groups in total. The average molecular weight is 283 g/mol. The van der Waals surface area contributed by atoms with E-state index in [0.717, 1.165) is 17.3 Å². The molecule has 0 radical (unpaired) electrons. The van der Waals surface area contributed by atoms with Crippen molar-refractivity contribution in [3.8, 4) is 0 Å². The van der Waals surface area contributed by atoms with Crippen molar-refractivity contribution < 1.29 is 9.53 Å². The van der Waals surface area contributed by atoms with E-state index in [1.54, 1.807) is 0 Å². The summed E-state index contributed by atoms with van der Waals surface area (Å²) >= 11 is 3.42. The fourth-order valence-corrected chi connectivity index (χ4v) is 2.27. The molecule has 16 heavy (non-hydrogen) atoms. The van der Waals surface area contributed by atoms with E-state index in [1.165, 1.54) is 5.56 Å². The Morgan fingerprint density at radius 2 is 2.00 bits per heavy atom. The number of esters is 1. The van der Waals surface area contributed by atoms with Gasteiger partial charge in [-0.25, -0.2) is 0 Å². The maximum atomic E-state index is 11.5. The van der Waals surface area contributed by atoms with Crippen LogP contribution >= 0.6 is 15.9 Å². The Hall–Kier alpha value is -0.830. The Kier molecular flexibility index (Phi) is 3.33. The first-order chi connectivity index (χ1) is 7.66. The monoisotopic (exact) mass is 282 g/mol. The Morgan fingerprint density at radius 3 is 2.50 bits per heavy atom. The number of benzene rings is 1. The van der Waals surface area contributed by atoms with Crippen molar-refractivity contribution in [2.75, 3.05) is 6.61 Å². The Labute approximate surface area is 104 Å². The van der Waals surface area contributed by atoms with Crippen molar-refractivity contribution in [3.05, 3.63) is 34.3 Å². The molecule has 0 aromatic heterocycles. The molecule has 0 amide bonds. The zero-order chi connectivity index (χ0) is 11.6. The lowest BCUT2D eigenvalue weighted by atomic mass is 9.93. The highest BCUT2D eigenvalue weighted by molar-refractivity contribution is 9.10. The lowest BCUT2D eigenvalue weighted by molar-refractivity contribution is -0.143. The standard InChI is InChI=1S/C13H15BrO2/c1-2-16-12(15)9-13(7-8-13)10-3-5-11(14)6-4-10/h3-6H,2,7-9H2,1H3. The highest BCUT2D eigenvalue weighted by Crippen LogP contribution is 2.51. The number of hydrogen-bond donors (Lipinski definition) is 0. The molecule has 1 aromatic carbocycles. The number of ether oxygens (including phenoxy) is 1. The van der Waals surface area contributed by atoms with Crippen molar-refractivity contribution in [2.24, 2.45) is 0 Å². The number of halogens is 1. The van der Waals surface area contributed by atoms with Gasteiger partial charge in [0.05, 0.1) is 13.0 Å². The van der Waals surface area contributed by atoms with Crippen molar-refractivity contribution >= 4 is 21.9 Å². The maximum absolute atomic E-state index is 11.5. The van der Waals surface area contributed by atoms with E-state index in [9.17, 15) is 4.79 Å². The van der Waals surface area contributed by atoms with E-state index < -0.39 is 0 Å². The van der Waals surface area contributed by atoms with Crippen LogP contribution in [0, 0.1) is 0 Å². The van der Waals surface area contributed by atoms with Gasteiger partial charge in [-0.2, -0.15) is 0 Å². The molecule has 0 unspecified atom stereocenters. The summed E-state index contributed by atoms with van der Waals surface area (Å²) in [6.45, 7) is 2.31. The summed E-state index contributed by atoms with van der Waals surface area (Å²) in [6, 6.07) is 8.24. The van der Waals surface area contributed by atoms with Crippen LogP contribution in [0.15, 0.2) is 28.7 Å². The van der Waals surface area contributed by atoms with Crippen molar-refractivity contribution in [2.45, 2.75) is 31.6 Å². The topological polar surface area (TPSA) is 26.3 Å². The Balaban J connectivity index is 2.08. The van der Waals surface area contributed by atoms with E-state index >= 15 is 0 Å². The Morgan fingerprint density at radius 1 is 1.38 bits per heavy atom. The summed E-state index contributed by atoms with van der Waals surface area (Å²) in [5, 5.41) is 0. The van der Waals surface area contributed by atoms with E-state index in [0.29, 0.717) is 13.0 Å². The summed E-state index contributed by atoms with van der Waals surface area (Å²) < 4.78 is 6.09. The zero-order valence-electron chi connectivity index (χ0n) is 9.33. The quantitative estimate of drug-likeness (QED) is 0.791. The van der Waals surface area contributed by atoms with Crippen molar-refractivity contribution in [3.63, 3.8) is 0 Å². The normalized spacial score (nSPS) is 16.9. The van der Waals surface area contributed by atoms with Crippen molar-refractivity contribution in [1.29, 1.82) is 0 Å². The molecular weight excluding hydrogens is 268 g/mol. The number of carbonyl (C=O) groups is 1. The molecule has 1 aliphatic carbocycles. The number of rotatable bonds is 4. The molecule has 1 saturated carbocycles. The van der Waals surface area contributed by atoms with E-state index in [-0.39, 0.29) is 11.4 Å². The second kappa shape index (κ2) is 4.58. The fraction of sp³-hybridized carbons (Fsp3) is 0.462. The molecule has 1 aliphatic rings. The molecule has 0 atom stereocenters. The minimum Gasteiger partial charge on any atom is -0.466 e. The maximum Gasteiger partial charge on any atom is 0.306 e. The number of carbonyl (C=O) groups excluding carboxylic acids is 1. The SMILES string of the molecule is CCOC(=O)CC1(c2ccc(Br)cc2)CC1. The van der Waals surface area contributed by atoms with Crippen LogP contribution in [-0.2, 0) is 14.9 Å². The van der Waals surface area contributed by atoms with Gasteiger partial charge in [-0.1, -0.05) is 28.1 Å². The van der Waals surface area contributed by atoms with Crippen LogP contribution in [0.2, 0.25) is 0 Å². The first kappa shape index (κ1) is 11.6. The van der Waals surface area contributed by atoms with Crippen LogP contribution in [0.1, 0.15) is 31.7 Å². The van der Waals surface area contributed by atoms with Crippen LogP contribution < -0.4 is 0 Å². The first-order valence-electron chi connectivity index (χ1n) is 5.58. The van der Waals surface area contributed by atoms with Gasteiger partial charge in [0.2, 0.25) is 0 Å². The highest BCUT2D eigenvalue weighted by Gasteiger charge is 2.46. The van der Waals surface area contributed by atoms with Gasteiger partial charge in [-0.3, -0.25) is 4.79 Å². The third-order valence-electron chi connectivity index (χ3n) is 3.10. The van der Waals surface area contributed by atoms with Crippen LogP contribution in [0.4, 0.5) is 0 Å². The molecule has 0 spiro atoms. The van der Waals surface area contributed by atoms with Crippen molar-refractivity contribution in [1.82, 2.24) is 0 Å². The molecule has 1 fully saturated rings. The van der Waals surface area contributed by atoms with Crippen LogP contribution in [-0.4, -0.2) is 12.6 Å². The molecule has 0 saturated heterocycles. The summed E-state index contributed by atoms with van der Waals surface area (Å²) in [4.78, 5) is 11.5. The summed E-state index contributed by atoms with van der Waals surface area (Å²) in [7, 11) is 0. The van der Waals surface area contributed by atoms with Crippen LogP contribution in [0.25, 0.3) is 0 Å². The van der Waals surface area contributed by atoms with E-state index in [2.05, 4.69) is 28.1 Å². The molecule has 1 aromatic rings. The molecule has 86 valence electrons. The average Bonchev–Trinajstić information content (AvgIpc) is 3.00. The third kappa shape index (κ3) is 2.46. The predicted octanol–water partition coefficient (Wildman–Crippen LogP) is 3.43. The molecule has 0 heterocycles. The smallest absolute Gasteiger partial charge is 0.306 e. The van der Waals surface area contributed by atoms with Crippen LogP contribution in [0.3, 0.4) is 0 Å². The molecule has 0 bridgehead atoms. The number of hydrogen-bond acceptors (Lipinski definition) is 2. The molecule has 0 aliphatic heterocycles. The molecular formula is C13H15BrO2. The second-order valence-electron chi connectivity index (χ2n) is 4.27. The summed E-state index contributed by atoms with van der Waals surface area (Å²) in [5.41, 5.74) is 1.32. The summed E-state index contributed by atoms with van der Waals surface area (Å²) in [5.74, 6) is -0.0806. The lowest BCUT2D eigenvalue weighted by Gasteiger charge is -2.14. The minimum atomic E-state index is -0.0806. The largest absolute Gasteiger partial charge is 0.466 e. The Bertz CT molecular complexity index is 379. The lowest BCUT2D eigenvalue weighted by Crippen LogP contribution is -2.15. The third-order valence-corrected chi connectivity index (χ3v) is 3.63. The second-order valence-corrected chi connectivity index (χ2v) is 5.18. The highest BCUT2D eigenvalue weighted by atomic mass is 79.9. The molecule has 3 heteroatoms.